The van der Waals surface area contributed by atoms with E-state index < -0.39 is 0 Å². The van der Waals surface area contributed by atoms with Crippen LogP contribution in [-0.2, 0) is 6.42 Å². The number of rotatable bonds is 5. The molecule has 1 aromatic rings. The number of hydrogen-bond donors (Lipinski definition) is 1. The predicted octanol–water partition coefficient (Wildman–Crippen LogP) is 3.27. The second kappa shape index (κ2) is 5.55. The Hall–Kier alpha value is -0.730. The van der Waals surface area contributed by atoms with Gasteiger partial charge in [0.05, 0.1) is 12.1 Å². The molecule has 0 fully saturated rings. The van der Waals surface area contributed by atoms with Crippen LogP contribution in [0.1, 0.15) is 25.8 Å². The van der Waals surface area contributed by atoms with Crippen LogP contribution in [0.4, 0.5) is 0 Å². The third kappa shape index (κ3) is 3.69. The van der Waals surface area contributed by atoms with Gasteiger partial charge in [0.15, 0.2) is 0 Å². The molecule has 0 heterocycles. The highest BCUT2D eigenvalue weighted by Gasteiger charge is 2.15. The van der Waals surface area contributed by atoms with E-state index in [2.05, 4.69) is 19.9 Å². The smallest absolute Gasteiger partial charge is 0.137 e. The minimum Gasteiger partial charge on any atom is -0.495 e. The average molecular weight is 242 g/mol. The molecule has 16 heavy (non-hydrogen) atoms. The Labute approximate surface area is 103 Å². The summed E-state index contributed by atoms with van der Waals surface area (Å²) < 4.78 is 5.11. The van der Waals surface area contributed by atoms with Crippen LogP contribution in [0.15, 0.2) is 18.2 Å². The van der Waals surface area contributed by atoms with E-state index in [4.69, 9.17) is 22.1 Å². The van der Waals surface area contributed by atoms with Crippen LogP contribution in [0.2, 0.25) is 5.02 Å². The zero-order valence-corrected chi connectivity index (χ0v) is 11.0. The zero-order chi connectivity index (χ0) is 12.2. The molecule has 0 radical (unpaired) electrons. The molecule has 0 aliphatic heterocycles. The quantitative estimate of drug-likeness (QED) is 0.859. The van der Waals surface area contributed by atoms with E-state index in [9.17, 15) is 0 Å². The molecule has 1 rings (SSSR count). The van der Waals surface area contributed by atoms with Crippen LogP contribution in [0.3, 0.4) is 0 Å². The molecule has 0 unspecified atom stereocenters. The number of aryl methyl sites for hydroxylation is 1. The van der Waals surface area contributed by atoms with Gasteiger partial charge in [0.1, 0.15) is 5.75 Å². The molecule has 90 valence electrons. The first-order valence-electron chi connectivity index (χ1n) is 5.51. The molecule has 0 spiro atoms. The van der Waals surface area contributed by atoms with Crippen molar-refractivity contribution in [1.29, 1.82) is 0 Å². The van der Waals surface area contributed by atoms with Gasteiger partial charge in [-0.2, -0.15) is 0 Å². The van der Waals surface area contributed by atoms with Crippen LogP contribution >= 0.6 is 11.6 Å². The van der Waals surface area contributed by atoms with E-state index in [1.165, 1.54) is 5.56 Å². The number of ether oxygens (including phenoxy) is 1. The maximum absolute atomic E-state index is 6.06. The molecule has 3 heteroatoms. The van der Waals surface area contributed by atoms with Gasteiger partial charge in [0.25, 0.3) is 0 Å². The summed E-state index contributed by atoms with van der Waals surface area (Å²) in [7, 11) is 1.62. The van der Waals surface area contributed by atoms with Gasteiger partial charge >= 0.3 is 0 Å². The molecular weight excluding hydrogens is 222 g/mol. The van der Waals surface area contributed by atoms with Gasteiger partial charge in [-0.25, -0.2) is 0 Å². The standard InChI is InChI=1S/C13H20ClNO/c1-13(2,9-15)7-6-10-4-5-12(16-3)11(14)8-10/h4-5,8H,6-7,9,15H2,1-3H3. The molecular formula is C13H20ClNO. The number of hydrogen-bond acceptors (Lipinski definition) is 2. The molecule has 0 bridgehead atoms. The maximum Gasteiger partial charge on any atom is 0.137 e. The Bertz CT molecular complexity index is 350. The summed E-state index contributed by atoms with van der Waals surface area (Å²) in [4.78, 5) is 0. The van der Waals surface area contributed by atoms with Gasteiger partial charge < -0.3 is 10.5 Å². The fraction of sp³-hybridized carbons (Fsp3) is 0.538. The lowest BCUT2D eigenvalue weighted by Crippen LogP contribution is -2.24. The highest BCUT2D eigenvalue weighted by atomic mass is 35.5. The molecule has 2 nitrogen and oxygen atoms in total. The molecule has 2 N–H and O–H groups in total. The highest BCUT2D eigenvalue weighted by Crippen LogP contribution is 2.27. The first-order valence-corrected chi connectivity index (χ1v) is 5.89. The normalized spacial score (nSPS) is 11.6. The lowest BCUT2D eigenvalue weighted by Gasteiger charge is -2.22. The predicted molar refractivity (Wildman–Crippen MR) is 69.2 cm³/mol. The van der Waals surface area contributed by atoms with Crippen LogP contribution in [0, 0.1) is 5.41 Å². The maximum atomic E-state index is 6.06. The highest BCUT2D eigenvalue weighted by molar-refractivity contribution is 6.32. The summed E-state index contributed by atoms with van der Waals surface area (Å²) in [6.07, 6.45) is 2.06. The average Bonchev–Trinajstić information content (AvgIpc) is 2.27. The molecule has 0 saturated carbocycles. The molecule has 1 aromatic carbocycles. The zero-order valence-electron chi connectivity index (χ0n) is 10.2. The van der Waals surface area contributed by atoms with E-state index in [1.54, 1.807) is 7.11 Å². The Morgan fingerprint density at radius 1 is 1.38 bits per heavy atom. The van der Waals surface area contributed by atoms with Gasteiger partial charge in [-0.3, -0.25) is 0 Å². The van der Waals surface area contributed by atoms with Gasteiger partial charge in [0, 0.05) is 0 Å². The van der Waals surface area contributed by atoms with Crippen molar-refractivity contribution < 1.29 is 4.74 Å². The van der Waals surface area contributed by atoms with Crippen LogP contribution < -0.4 is 10.5 Å². The summed E-state index contributed by atoms with van der Waals surface area (Å²) in [6.45, 7) is 5.06. The monoisotopic (exact) mass is 241 g/mol. The van der Waals surface area contributed by atoms with Gasteiger partial charge in [-0.05, 0) is 42.5 Å². The van der Waals surface area contributed by atoms with Gasteiger partial charge in [-0.1, -0.05) is 31.5 Å². The van der Waals surface area contributed by atoms with Gasteiger partial charge in [0.2, 0.25) is 0 Å². The summed E-state index contributed by atoms with van der Waals surface area (Å²) in [5.41, 5.74) is 7.12. The van der Waals surface area contributed by atoms with E-state index in [0.717, 1.165) is 18.6 Å². The van der Waals surface area contributed by atoms with Crippen molar-refractivity contribution in [1.82, 2.24) is 0 Å². The number of benzene rings is 1. The molecule has 0 atom stereocenters. The molecule has 0 aliphatic carbocycles. The van der Waals surface area contributed by atoms with Crippen molar-refractivity contribution >= 4 is 11.6 Å². The van der Waals surface area contributed by atoms with E-state index >= 15 is 0 Å². The largest absolute Gasteiger partial charge is 0.495 e. The number of nitrogens with two attached hydrogens (primary N) is 1. The Morgan fingerprint density at radius 3 is 2.56 bits per heavy atom. The van der Waals surface area contributed by atoms with E-state index in [0.29, 0.717) is 11.6 Å². The second-order valence-corrected chi connectivity index (χ2v) is 5.24. The minimum absolute atomic E-state index is 0.187. The number of halogens is 1. The minimum atomic E-state index is 0.187. The Kier molecular flexibility index (Phi) is 4.63. The molecule has 0 aromatic heterocycles. The van der Waals surface area contributed by atoms with Crippen LogP contribution in [-0.4, -0.2) is 13.7 Å². The van der Waals surface area contributed by atoms with Crippen molar-refractivity contribution in [3.8, 4) is 5.75 Å². The first kappa shape index (κ1) is 13.3. The number of methoxy groups -OCH3 is 1. The van der Waals surface area contributed by atoms with Crippen molar-refractivity contribution in [3.63, 3.8) is 0 Å². The van der Waals surface area contributed by atoms with Crippen molar-refractivity contribution in [2.24, 2.45) is 11.1 Å². The second-order valence-electron chi connectivity index (χ2n) is 4.84. The first-order chi connectivity index (χ1) is 7.48. The fourth-order valence-electron chi connectivity index (χ4n) is 1.45. The topological polar surface area (TPSA) is 35.2 Å². The summed E-state index contributed by atoms with van der Waals surface area (Å²) >= 11 is 6.06. The van der Waals surface area contributed by atoms with Crippen molar-refractivity contribution in [2.75, 3.05) is 13.7 Å². The lowest BCUT2D eigenvalue weighted by atomic mass is 9.86. The SMILES string of the molecule is COc1ccc(CCC(C)(C)CN)cc1Cl. The van der Waals surface area contributed by atoms with Crippen molar-refractivity contribution in [2.45, 2.75) is 26.7 Å². The molecule has 0 amide bonds. The van der Waals surface area contributed by atoms with Crippen molar-refractivity contribution in [3.05, 3.63) is 28.8 Å². The third-order valence-electron chi connectivity index (χ3n) is 2.86. The lowest BCUT2D eigenvalue weighted by molar-refractivity contribution is 0.348. The fourth-order valence-corrected chi connectivity index (χ4v) is 1.73. The van der Waals surface area contributed by atoms with E-state index in [-0.39, 0.29) is 5.41 Å². The van der Waals surface area contributed by atoms with Crippen LogP contribution in [0.5, 0.6) is 5.75 Å². The third-order valence-corrected chi connectivity index (χ3v) is 3.15. The van der Waals surface area contributed by atoms with Gasteiger partial charge in [-0.15, -0.1) is 0 Å². The summed E-state index contributed by atoms with van der Waals surface area (Å²) in [5, 5.41) is 0.672. The van der Waals surface area contributed by atoms with Crippen LogP contribution in [0.25, 0.3) is 0 Å². The Balaban J connectivity index is 2.65. The van der Waals surface area contributed by atoms with E-state index in [1.807, 2.05) is 12.1 Å². The summed E-state index contributed by atoms with van der Waals surface area (Å²) in [5.74, 6) is 0.725. The summed E-state index contributed by atoms with van der Waals surface area (Å²) in [6, 6.07) is 5.93. The molecule has 0 aliphatic rings. The molecule has 0 saturated heterocycles. The Morgan fingerprint density at radius 2 is 2.06 bits per heavy atom.